The molecule has 0 fully saturated rings. The maximum absolute atomic E-state index is 12.5. The number of aromatic nitrogens is 2. The van der Waals surface area contributed by atoms with Crippen LogP contribution < -0.4 is 10.2 Å². The van der Waals surface area contributed by atoms with E-state index in [2.05, 4.69) is 15.3 Å². The zero-order chi connectivity index (χ0) is 19.9. The maximum atomic E-state index is 12.5. The highest BCUT2D eigenvalue weighted by molar-refractivity contribution is 6.07. The number of hydrogen-bond acceptors (Lipinski definition) is 6. The summed E-state index contributed by atoms with van der Waals surface area (Å²) in [7, 11) is 3.17. The van der Waals surface area contributed by atoms with Crippen molar-refractivity contribution in [3.8, 4) is 0 Å². The van der Waals surface area contributed by atoms with Gasteiger partial charge in [-0.05, 0) is 17.7 Å². The van der Waals surface area contributed by atoms with E-state index in [0.29, 0.717) is 18.2 Å². The van der Waals surface area contributed by atoms with Gasteiger partial charge in [0.15, 0.2) is 0 Å². The second-order valence-electron chi connectivity index (χ2n) is 6.10. The molecule has 0 radical (unpaired) electrons. The van der Waals surface area contributed by atoms with Crippen LogP contribution in [-0.2, 0) is 11.3 Å². The molecule has 0 spiro atoms. The summed E-state index contributed by atoms with van der Waals surface area (Å²) in [6.45, 7) is 0.652. The van der Waals surface area contributed by atoms with Gasteiger partial charge in [0.1, 0.15) is 0 Å². The Morgan fingerprint density at radius 2 is 1.64 bits per heavy atom. The third kappa shape index (κ3) is 4.50. The van der Waals surface area contributed by atoms with Crippen molar-refractivity contribution in [2.24, 2.45) is 0 Å². The van der Waals surface area contributed by atoms with E-state index in [1.54, 1.807) is 24.3 Å². The molecule has 3 aromatic rings. The molecule has 1 amide bonds. The van der Waals surface area contributed by atoms with Crippen LogP contribution in [-0.4, -0.2) is 36.0 Å². The average molecular weight is 376 g/mol. The van der Waals surface area contributed by atoms with Gasteiger partial charge in [-0.2, -0.15) is 0 Å². The lowest BCUT2D eigenvalue weighted by molar-refractivity contribution is 0.0602. The fourth-order valence-electron chi connectivity index (χ4n) is 2.64. The number of carbonyl (C=O) groups is 2. The Morgan fingerprint density at radius 3 is 2.32 bits per heavy atom. The number of para-hydroxylation sites is 1. The topological polar surface area (TPSA) is 84.4 Å². The van der Waals surface area contributed by atoms with Crippen molar-refractivity contribution in [1.29, 1.82) is 0 Å². The van der Waals surface area contributed by atoms with Gasteiger partial charge in [0.2, 0.25) is 5.95 Å². The zero-order valence-corrected chi connectivity index (χ0v) is 15.6. The van der Waals surface area contributed by atoms with Crippen molar-refractivity contribution in [3.63, 3.8) is 0 Å². The number of amides is 1. The van der Waals surface area contributed by atoms with Gasteiger partial charge in [0.25, 0.3) is 5.91 Å². The fraction of sp³-hybridized carbons (Fsp3) is 0.143. The summed E-state index contributed by atoms with van der Waals surface area (Å²) in [4.78, 5) is 34.8. The van der Waals surface area contributed by atoms with E-state index in [4.69, 9.17) is 4.74 Å². The van der Waals surface area contributed by atoms with E-state index in [1.165, 1.54) is 19.5 Å². The molecule has 0 atom stereocenters. The minimum absolute atomic E-state index is 0.276. The van der Waals surface area contributed by atoms with Gasteiger partial charge in [-0.3, -0.25) is 4.79 Å². The van der Waals surface area contributed by atoms with Crippen LogP contribution in [0, 0.1) is 0 Å². The third-order valence-corrected chi connectivity index (χ3v) is 4.08. The smallest absolute Gasteiger partial charge is 0.339 e. The lowest BCUT2D eigenvalue weighted by atomic mass is 10.1. The van der Waals surface area contributed by atoms with E-state index in [9.17, 15) is 9.59 Å². The van der Waals surface area contributed by atoms with Crippen molar-refractivity contribution in [1.82, 2.24) is 9.97 Å². The summed E-state index contributed by atoms with van der Waals surface area (Å²) >= 11 is 0. The third-order valence-electron chi connectivity index (χ3n) is 4.08. The summed E-state index contributed by atoms with van der Waals surface area (Å²) in [6.07, 6.45) is 2.92. The molecule has 0 aliphatic heterocycles. The Balaban J connectivity index is 1.70. The number of nitrogens with one attached hydrogen (secondary N) is 1. The molecule has 142 valence electrons. The number of anilines is 2. The Hall–Kier alpha value is -3.74. The first-order valence-corrected chi connectivity index (χ1v) is 8.64. The normalized spacial score (nSPS) is 10.2. The van der Waals surface area contributed by atoms with Gasteiger partial charge in [-0.1, -0.05) is 42.5 Å². The molecular formula is C21H20N4O3. The van der Waals surface area contributed by atoms with Gasteiger partial charge in [0, 0.05) is 26.0 Å². The molecule has 1 N–H and O–H groups in total. The van der Waals surface area contributed by atoms with Crippen LogP contribution in [0.5, 0.6) is 0 Å². The van der Waals surface area contributed by atoms with Crippen LogP contribution >= 0.6 is 0 Å². The molecule has 0 aliphatic rings. The number of rotatable bonds is 6. The fourth-order valence-corrected chi connectivity index (χ4v) is 2.64. The molecule has 1 aromatic heterocycles. The lowest BCUT2D eigenvalue weighted by Crippen LogP contribution is -2.20. The molecule has 0 saturated heterocycles. The molecule has 0 bridgehead atoms. The minimum atomic E-state index is -0.523. The van der Waals surface area contributed by atoms with E-state index in [0.717, 1.165) is 5.56 Å². The molecule has 7 heteroatoms. The molecule has 28 heavy (non-hydrogen) atoms. The number of ether oxygens (including phenoxy) is 1. The predicted octanol–water partition coefficient (Wildman–Crippen LogP) is 3.15. The molecular weight excluding hydrogens is 356 g/mol. The van der Waals surface area contributed by atoms with E-state index in [1.807, 2.05) is 42.3 Å². The van der Waals surface area contributed by atoms with E-state index >= 15 is 0 Å². The van der Waals surface area contributed by atoms with Crippen LogP contribution in [0.25, 0.3) is 0 Å². The average Bonchev–Trinajstić information content (AvgIpc) is 2.74. The summed E-state index contributed by atoms with van der Waals surface area (Å²) in [5.74, 6) is -0.422. The summed E-state index contributed by atoms with van der Waals surface area (Å²) < 4.78 is 4.73. The highest BCUT2D eigenvalue weighted by atomic mass is 16.5. The molecule has 7 nitrogen and oxygen atoms in total. The first kappa shape index (κ1) is 19.0. The van der Waals surface area contributed by atoms with Crippen molar-refractivity contribution in [2.45, 2.75) is 6.54 Å². The zero-order valence-electron chi connectivity index (χ0n) is 15.6. The van der Waals surface area contributed by atoms with Crippen molar-refractivity contribution >= 4 is 23.5 Å². The summed E-state index contributed by atoms with van der Waals surface area (Å²) in [5.41, 5.74) is 2.06. The van der Waals surface area contributed by atoms with Crippen LogP contribution in [0.2, 0.25) is 0 Å². The summed E-state index contributed by atoms with van der Waals surface area (Å²) in [6, 6.07) is 16.6. The van der Waals surface area contributed by atoms with Crippen LogP contribution in [0.15, 0.2) is 67.0 Å². The van der Waals surface area contributed by atoms with Gasteiger partial charge in [-0.25, -0.2) is 14.8 Å². The molecule has 0 unspecified atom stereocenters. The first-order chi connectivity index (χ1) is 13.6. The van der Waals surface area contributed by atoms with Crippen LogP contribution in [0.4, 0.5) is 11.6 Å². The maximum Gasteiger partial charge on any atom is 0.339 e. The van der Waals surface area contributed by atoms with Crippen molar-refractivity contribution < 1.29 is 14.3 Å². The van der Waals surface area contributed by atoms with Crippen LogP contribution in [0.3, 0.4) is 0 Å². The Labute approximate surface area is 163 Å². The lowest BCUT2D eigenvalue weighted by Gasteiger charge is -2.17. The number of nitrogens with zero attached hydrogens (tertiary/aromatic N) is 3. The summed E-state index contributed by atoms with van der Waals surface area (Å²) in [5, 5.41) is 2.70. The quantitative estimate of drug-likeness (QED) is 0.665. The van der Waals surface area contributed by atoms with E-state index < -0.39 is 11.9 Å². The second kappa shape index (κ2) is 8.77. The number of benzene rings is 2. The van der Waals surface area contributed by atoms with Gasteiger partial charge in [-0.15, -0.1) is 0 Å². The van der Waals surface area contributed by atoms with Gasteiger partial charge < -0.3 is 15.0 Å². The Bertz CT molecular complexity index is 959. The largest absolute Gasteiger partial charge is 0.465 e. The van der Waals surface area contributed by atoms with Gasteiger partial charge in [0.05, 0.1) is 23.9 Å². The number of hydrogen-bond donors (Lipinski definition) is 1. The van der Waals surface area contributed by atoms with Crippen LogP contribution in [0.1, 0.15) is 26.3 Å². The monoisotopic (exact) mass is 376 g/mol. The first-order valence-electron chi connectivity index (χ1n) is 8.64. The SMILES string of the molecule is COC(=O)c1ccccc1NC(=O)c1cnc(N(C)Cc2ccccc2)nc1. The van der Waals surface area contributed by atoms with Crippen molar-refractivity contribution in [2.75, 3.05) is 24.4 Å². The molecule has 3 rings (SSSR count). The highest BCUT2D eigenvalue weighted by Crippen LogP contribution is 2.17. The molecule has 1 heterocycles. The molecule has 2 aromatic carbocycles. The Kier molecular flexibility index (Phi) is 5.96. The van der Waals surface area contributed by atoms with Crippen molar-refractivity contribution in [3.05, 3.63) is 83.7 Å². The van der Waals surface area contributed by atoms with Gasteiger partial charge >= 0.3 is 5.97 Å². The second-order valence-corrected chi connectivity index (χ2v) is 6.10. The molecule has 0 saturated carbocycles. The Morgan fingerprint density at radius 1 is 1.00 bits per heavy atom. The highest BCUT2D eigenvalue weighted by Gasteiger charge is 2.15. The standard InChI is InChI=1S/C21H20N4O3/c1-25(14-15-8-4-3-5-9-15)21-22-12-16(13-23-21)19(26)24-18-11-7-6-10-17(18)20(27)28-2/h3-13H,14H2,1-2H3,(H,24,26). The number of methoxy groups -OCH3 is 1. The van der Waals surface area contributed by atoms with E-state index in [-0.39, 0.29) is 11.1 Å². The minimum Gasteiger partial charge on any atom is -0.465 e. The molecule has 0 aliphatic carbocycles. The predicted molar refractivity (Wildman–Crippen MR) is 106 cm³/mol. The number of carbonyl (C=O) groups excluding carboxylic acids is 2. The number of esters is 1.